The highest BCUT2D eigenvalue weighted by molar-refractivity contribution is 14.0. The molecule has 20 heavy (non-hydrogen) atoms. The topological polar surface area (TPSA) is 36.4 Å². The minimum absolute atomic E-state index is 0. The lowest BCUT2D eigenvalue weighted by molar-refractivity contribution is 0.708. The van der Waals surface area contributed by atoms with Gasteiger partial charge in [-0.1, -0.05) is 13.0 Å². The number of nitrogens with one attached hydrogen (secondary N) is 2. The second-order valence-electron chi connectivity index (χ2n) is 4.35. The van der Waals surface area contributed by atoms with E-state index in [0.29, 0.717) is 5.92 Å². The Morgan fingerprint density at radius 3 is 2.75 bits per heavy atom. The number of halogens is 1. The van der Waals surface area contributed by atoms with Crippen LogP contribution in [0.5, 0.6) is 0 Å². The summed E-state index contributed by atoms with van der Waals surface area (Å²) in [7, 11) is 1.80. The van der Waals surface area contributed by atoms with Crippen LogP contribution < -0.4 is 10.6 Å². The number of rotatable bonds is 5. The van der Waals surface area contributed by atoms with Crippen molar-refractivity contribution in [3.05, 3.63) is 44.8 Å². The van der Waals surface area contributed by atoms with Crippen LogP contribution in [0.3, 0.4) is 0 Å². The predicted octanol–water partition coefficient (Wildman–Crippen LogP) is 3.90. The molecule has 3 nitrogen and oxygen atoms in total. The van der Waals surface area contributed by atoms with Gasteiger partial charge in [0.15, 0.2) is 5.96 Å². The Hall–Kier alpha value is -0.600. The first-order valence-electron chi connectivity index (χ1n) is 6.28. The van der Waals surface area contributed by atoms with Crippen LogP contribution in [0.2, 0.25) is 0 Å². The van der Waals surface area contributed by atoms with Crippen molar-refractivity contribution < 1.29 is 0 Å². The van der Waals surface area contributed by atoms with E-state index in [1.807, 2.05) is 0 Å². The van der Waals surface area contributed by atoms with Gasteiger partial charge in [-0.25, -0.2) is 0 Å². The molecule has 0 radical (unpaired) electrons. The van der Waals surface area contributed by atoms with Crippen LogP contribution in [0.15, 0.2) is 39.3 Å². The summed E-state index contributed by atoms with van der Waals surface area (Å²) in [6.45, 7) is 3.94. The van der Waals surface area contributed by atoms with E-state index in [1.165, 1.54) is 10.4 Å². The van der Waals surface area contributed by atoms with Gasteiger partial charge in [-0.3, -0.25) is 4.99 Å². The fourth-order valence-electron chi connectivity index (χ4n) is 1.72. The largest absolute Gasteiger partial charge is 0.356 e. The molecule has 0 bridgehead atoms. The first kappa shape index (κ1) is 17.5. The summed E-state index contributed by atoms with van der Waals surface area (Å²) in [5.74, 6) is 1.36. The summed E-state index contributed by atoms with van der Waals surface area (Å²) in [5, 5.41) is 13.0. The maximum Gasteiger partial charge on any atom is 0.191 e. The van der Waals surface area contributed by atoms with Gasteiger partial charge in [0.2, 0.25) is 0 Å². The molecule has 2 aromatic heterocycles. The van der Waals surface area contributed by atoms with Gasteiger partial charge in [0, 0.05) is 30.9 Å². The molecule has 1 atom stereocenters. The summed E-state index contributed by atoms with van der Waals surface area (Å²) in [5.41, 5.74) is 1.29. The average molecular weight is 421 g/mol. The molecule has 0 aromatic carbocycles. The normalized spacial score (nSPS) is 12.6. The highest BCUT2D eigenvalue weighted by atomic mass is 127. The van der Waals surface area contributed by atoms with Crippen LogP contribution in [-0.2, 0) is 6.54 Å². The monoisotopic (exact) mass is 421 g/mol. The minimum Gasteiger partial charge on any atom is -0.356 e. The Kier molecular flexibility index (Phi) is 8.16. The molecule has 0 fully saturated rings. The van der Waals surface area contributed by atoms with Crippen LogP contribution in [0.25, 0.3) is 0 Å². The average Bonchev–Trinajstić information content (AvgIpc) is 3.11. The molecule has 110 valence electrons. The molecular weight excluding hydrogens is 401 g/mol. The number of hydrogen-bond acceptors (Lipinski definition) is 3. The third-order valence-corrected chi connectivity index (χ3v) is 4.70. The second-order valence-corrected chi connectivity index (χ2v) is 6.11. The molecule has 2 heterocycles. The molecule has 6 heteroatoms. The highest BCUT2D eigenvalue weighted by Gasteiger charge is 2.07. The highest BCUT2D eigenvalue weighted by Crippen LogP contribution is 2.19. The molecule has 0 saturated heterocycles. The van der Waals surface area contributed by atoms with Crippen LogP contribution in [-0.4, -0.2) is 19.6 Å². The summed E-state index contributed by atoms with van der Waals surface area (Å²) in [4.78, 5) is 5.65. The number of hydrogen-bond donors (Lipinski definition) is 2. The molecule has 2 aromatic rings. The molecular formula is C14H20IN3S2. The van der Waals surface area contributed by atoms with Crippen molar-refractivity contribution in [1.82, 2.24) is 10.6 Å². The zero-order chi connectivity index (χ0) is 13.5. The smallest absolute Gasteiger partial charge is 0.191 e. The van der Waals surface area contributed by atoms with Crippen molar-refractivity contribution in [2.75, 3.05) is 13.6 Å². The Bertz CT molecular complexity index is 494. The van der Waals surface area contributed by atoms with Gasteiger partial charge < -0.3 is 10.6 Å². The van der Waals surface area contributed by atoms with Crippen molar-refractivity contribution in [3.63, 3.8) is 0 Å². The molecule has 0 spiro atoms. The first-order valence-corrected chi connectivity index (χ1v) is 8.11. The Morgan fingerprint density at radius 2 is 2.15 bits per heavy atom. The van der Waals surface area contributed by atoms with E-state index in [-0.39, 0.29) is 24.0 Å². The van der Waals surface area contributed by atoms with Gasteiger partial charge in [0.1, 0.15) is 0 Å². The van der Waals surface area contributed by atoms with Gasteiger partial charge in [0.25, 0.3) is 0 Å². The van der Waals surface area contributed by atoms with Crippen molar-refractivity contribution in [2.24, 2.45) is 4.99 Å². The quantitative estimate of drug-likeness (QED) is 0.437. The summed E-state index contributed by atoms with van der Waals surface area (Å²) in [6, 6.07) is 6.40. The third-order valence-electron chi connectivity index (χ3n) is 2.87. The maximum absolute atomic E-state index is 4.24. The van der Waals surface area contributed by atoms with E-state index >= 15 is 0 Å². The first-order chi connectivity index (χ1) is 9.29. The van der Waals surface area contributed by atoms with Crippen molar-refractivity contribution in [3.8, 4) is 0 Å². The minimum atomic E-state index is 0. The summed E-state index contributed by atoms with van der Waals surface area (Å²) >= 11 is 3.52. The number of guanidine groups is 1. The number of aliphatic imine (C=N–C) groups is 1. The lowest BCUT2D eigenvalue weighted by Crippen LogP contribution is -2.38. The predicted molar refractivity (Wildman–Crippen MR) is 101 cm³/mol. The number of nitrogens with zero attached hydrogens (tertiary/aromatic N) is 1. The molecule has 0 saturated carbocycles. The Balaban J connectivity index is 0.00000200. The zero-order valence-electron chi connectivity index (χ0n) is 11.6. The van der Waals surface area contributed by atoms with E-state index in [4.69, 9.17) is 0 Å². The van der Waals surface area contributed by atoms with Gasteiger partial charge in [-0.05, 0) is 33.8 Å². The zero-order valence-corrected chi connectivity index (χ0v) is 15.6. The molecule has 0 aliphatic carbocycles. The third kappa shape index (κ3) is 5.41. The Labute approximate surface area is 145 Å². The van der Waals surface area contributed by atoms with E-state index in [9.17, 15) is 0 Å². The lowest BCUT2D eigenvalue weighted by atomic mass is 10.1. The lowest BCUT2D eigenvalue weighted by Gasteiger charge is -2.14. The van der Waals surface area contributed by atoms with E-state index in [0.717, 1.165) is 19.0 Å². The van der Waals surface area contributed by atoms with Crippen molar-refractivity contribution >= 4 is 52.6 Å². The van der Waals surface area contributed by atoms with Crippen molar-refractivity contribution in [1.29, 1.82) is 0 Å². The molecule has 1 unspecified atom stereocenters. The van der Waals surface area contributed by atoms with Crippen LogP contribution in [0.1, 0.15) is 23.3 Å². The molecule has 0 amide bonds. The van der Waals surface area contributed by atoms with Gasteiger partial charge in [-0.2, -0.15) is 11.3 Å². The van der Waals surface area contributed by atoms with Crippen molar-refractivity contribution in [2.45, 2.75) is 19.4 Å². The van der Waals surface area contributed by atoms with Gasteiger partial charge in [-0.15, -0.1) is 35.3 Å². The van der Waals surface area contributed by atoms with E-state index in [1.54, 1.807) is 29.7 Å². The second kappa shape index (κ2) is 9.36. The Morgan fingerprint density at radius 1 is 1.30 bits per heavy atom. The molecule has 0 aliphatic rings. The molecule has 0 aliphatic heterocycles. The van der Waals surface area contributed by atoms with Crippen LogP contribution >= 0.6 is 46.7 Å². The molecule has 2 rings (SSSR count). The van der Waals surface area contributed by atoms with Crippen LogP contribution in [0, 0.1) is 0 Å². The summed E-state index contributed by atoms with van der Waals surface area (Å²) in [6.07, 6.45) is 0. The molecule has 2 N–H and O–H groups in total. The van der Waals surface area contributed by atoms with E-state index < -0.39 is 0 Å². The fourth-order valence-corrected chi connectivity index (χ4v) is 3.18. The summed E-state index contributed by atoms with van der Waals surface area (Å²) < 4.78 is 0. The van der Waals surface area contributed by atoms with E-state index in [2.05, 4.69) is 56.9 Å². The maximum atomic E-state index is 4.24. The van der Waals surface area contributed by atoms with Crippen LogP contribution in [0.4, 0.5) is 0 Å². The SMILES string of the molecule is CN=C(NCc1ccsc1)NCC(C)c1cccs1.I. The standard InChI is InChI=1S/C14H19N3S2.HI/c1-11(13-4-3-6-19-13)8-16-14(15-2)17-9-12-5-7-18-10-12;/h3-7,10-11H,8-9H2,1-2H3,(H2,15,16,17);1H. The van der Waals surface area contributed by atoms with Gasteiger partial charge >= 0.3 is 0 Å². The fraction of sp³-hybridized carbons (Fsp3) is 0.357. The van der Waals surface area contributed by atoms with Gasteiger partial charge in [0.05, 0.1) is 0 Å². The number of thiophene rings is 2.